The maximum atomic E-state index is 12.6. The van der Waals surface area contributed by atoms with Crippen LogP contribution in [0.3, 0.4) is 0 Å². The number of Topliss-reactive ketones (excluding diaryl/α,β-unsaturated/α-hetero) is 1. The van der Waals surface area contributed by atoms with Crippen molar-refractivity contribution in [3.05, 3.63) is 83.0 Å². The lowest BCUT2D eigenvalue weighted by molar-refractivity contribution is -0.121. The van der Waals surface area contributed by atoms with Gasteiger partial charge in [-0.25, -0.2) is 0 Å². The largest absolute Gasteiger partial charge is 0.350 e. The Balaban J connectivity index is 1.81. The number of nitrogens with zero attached hydrogens (tertiary/aromatic N) is 1. The summed E-state index contributed by atoms with van der Waals surface area (Å²) >= 11 is 0. The topological polar surface area (TPSA) is 51.1 Å². The van der Waals surface area contributed by atoms with E-state index in [1.54, 1.807) is 6.92 Å². The minimum absolute atomic E-state index is 0.00324. The van der Waals surface area contributed by atoms with Crippen molar-refractivity contribution in [3.8, 4) is 11.3 Å². The van der Waals surface area contributed by atoms with Crippen LogP contribution in [0.4, 0.5) is 0 Å². The lowest BCUT2D eigenvalue weighted by atomic mass is 10.1. The third-order valence-electron chi connectivity index (χ3n) is 4.73. The SMILES string of the molecule is CC(=O)c1cc(-c2ccccc2)n(CC(=O)NCc2ccc(C)cc2)c1C. The van der Waals surface area contributed by atoms with Gasteiger partial charge in [0.15, 0.2) is 5.78 Å². The summed E-state index contributed by atoms with van der Waals surface area (Å²) in [7, 11) is 0. The summed E-state index contributed by atoms with van der Waals surface area (Å²) in [4.78, 5) is 24.5. The Morgan fingerprint density at radius 3 is 2.26 bits per heavy atom. The van der Waals surface area contributed by atoms with Crippen LogP contribution < -0.4 is 5.32 Å². The summed E-state index contributed by atoms with van der Waals surface area (Å²) in [6, 6.07) is 19.8. The van der Waals surface area contributed by atoms with Crippen LogP contribution in [0.2, 0.25) is 0 Å². The van der Waals surface area contributed by atoms with Gasteiger partial charge in [-0.3, -0.25) is 9.59 Å². The van der Waals surface area contributed by atoms with Crippen molar-refractivity contribution >= 4 is 11.7 Å². The molecule has 1 aromatic heterocycles. The fraction of sp³-hybridized carbons (Fsp3) is 0.217. The van der Waals surface area contributed by atoms with E-state index in [9.17, 15) is 9.59 Å². The molecule has 0 atom stereocenters. The van der Waals surface area contributed by atoms with Crippen LogP contribution in [0.5, 0.6) is 0 Å². The molecule has 0 saturated carbocycles. The highest BCUT2D eigenvalue weighted by Crippen LogP contribution is 2.26. The molecule has 0 radical (unpaired) electrons. The number of carbonyl (C=O) groups is 2. The number of carbonyl (C=O) groups excluding carboxylic acids is 2. The number of aryl methyl sites for hydroxylation is 1. The molecule has 27 heavy (non-hydrogen) atoms. The van der Waals surface area contributed by atoms with E-state index in [1.807, 2.05) is 79.1 Å². The fourth-order valence-corrected chi connectivity index (χ4v) is 3.16. The summed E-state index contributed by atoms with van der Waals surface area (Å²) in [5.41, 5.74) is 5.58. The predicted octanol–water partition coefficient (Wildman–Crippen LogP) is 4.29. The van der Waals surface area contributed by atoms with Gasteiger partial charge in [0.05, 0.1) is 0 Å². The molecule has 3 aromatic rings. The summed E-state index contributed by atoms with van der Waals surface area (Å²) in [6.07, 6.45) is 0. The van der Waals surface area contributed by atoms with Crippen LogP contribution in [0.15, 0.2) is 60.7 Å². The zero-order chi connectivity index (χ0) is 19.4. The molecule has 3 rings (SSSR count). The normalized spacial score (nSPS) is 10.6. The van der Waals surface area contributed by atoms with E-state index in [0.29, 0.717) is 12.1 Å². The van der Waals surface area contributed by atoms with Crippen LogP contribution >= 0.6 is 0 Å². The zero-order valence-corrected chi connectivity index (χ0v) is 16.0. The van der Waals surface area contributed by atoms with E-state index in [1.165, 1.54) is 5.56 Å². The molecule has 0 fully saturated rings. The molecule has 0 aliphatic heterocycles. The van der Waals surface area contributed by atoms with E-state index in [0.717, 1.165) is 22.5 Å². The first-order valence-corrected chi connectivity index (χ1v) is 9.04. The van der Waals surface area contributed by atoms with Gasteiger partial charge in [0, 0.05) is 23.5 Å². The zero-order valence-electron chi connectivity index (χ0n) is 16.0. The first-order valence-electron chi connectivity index (χ1n) is 9.04. The van der Waals surface area contributed by atoms with Gasteiger partial charge in [0.25, 0.3) is 0 Å². The highest BCUT2D eigenvalue weighted by molar-refractivity contribution is 5.97. The molecule has 1 heterocycles. The van der Waals surface area contributed by atoms with Crippen molar-refractivity contribution in [3.63, 3.8) is 0 Å². The molecular formula is C23H24N2O2. The second kappa shape index (κ2) is 8.04. The fourth-order valence-electron chi connectivity index (χ4n) is 3.16. The Hall–Kier alpha value is -3.14. The second-order valence-corrected chi connectivity index (χ2v) is 6.80. The first kappa shape index (κ1) is 18.6. The van der Waals surface area contributed by atoms with Gasteiger partial charge in [-0.2, -0.15) is 0 Å². The Morgan fingerprint density at radius 1 is 0.963 bits per heavy atom. The predicted molar refractivity (Wildman–Crippen MR) is 108 cm³/mol. The smallest absolute Gasteiger partial charge is 0.240 e. The minimum Gasteiger partial charge on any atom is -0.350 e. The summed E-state index contributed by atoms with van der Waals surface area (Å²) in [5, 5.41) is 2.97. The van der Waals surface area contributed by atoms with Crippen LogP contribution in [-0.4, -0.2) is 16.3 Å². The molecule has 0 saturated heterocycles. The third kappa shape index (κ3) is 4.34. The number of benzene rings is 2. The number of ketones is 1. The van der Waals surface area contributed by atoms with E-state index in [2.05, 4.69) is 5.32 Å². The molecule has 2 aromatic carbocycles. The van der Waals surface area contributed by atoms with Crippen LogP contribution in [0.25, 0.3) is 11.3 Å². The third-order valence-corrected chi connectivity index (χ3v) is 4.73. The van der Waals surface area contributed by atoms with Crippen molar-refractivity contribution in [2.45, 2.75) is 33.9 Å². The molecule has 138 valence electrons. The molecule has 0 spiro atoms. The molecule has 0 bridgehead atoms. The van der Waals surface area contributed by atoms with E-state index in [4.69, 9.17) is 0 Å². The van der Waals surface area contributed by atoms with Gasteiger partial charge in [-0.05, 0) is 38.0 Å². The Kier molecular flexibility index (Phi) is 5.55. The van der Waals surface area contributed by atoms with Crippen molar-refractivity contribution in [1.82, 2.24) is 9.88 Å². The van der Waals surface area contributed by atoms with Gasteiger partial charge in [-0.15, -0.1) is 0 Å². The molecule has 1 amide bonds. The summed E-state index contributed by atoms with van der Waals surface area (Å²) in [6.45, 7) is 6.14. The molecule has 4 nitrogen and oxygen atoms in total. The molecule has 1 N–H and O–H groups in total. The van der Waals surface area contributed by atoms with Crippen LogP contribution in [0, 0.1) is 13.8 Å². The monoisotopic (exact) mass is 360 g/mol. The van der Waals surface area contributed by atoms with E-state index < -0.39 is 0 Å². The molecule has 0 aliphatic rings. The number of hydrogen-bond donors (Lipinski definition) is 1. The average molecular weight is 360 g/mol. The Morgan fingerprint density at radius 2 is 1.63 bits per heavy atom. The summed E-state index contributed by atoms with van der Waals surface area (Å²) < 4.78 is 1.91. The van der Waals surface area contributed by atoms with Gasteiger partial charge in [0.2, 0.25) is 5.91 Å². The van der Waals surface area contributed by atoms with E-state index in [-0.39, 0.29) is 18.2 Å². The van der Waals surface area contributed by atoms with Gasteiger partial charge < -0.3 is 9.88 Å². The number of hydrogen-bond acceptors (Lipinski definition) is 2. The Labute approximate surface area is 159 Å². The highest BCUT2D eigenvalue weighted by atomic mass is 16.2. The highest BCUT2D eigenvalue weighted by Gasteiger charge is 2.17. The molecular weight excluding hydrogens is 336 g/mol. The average Bonchev–Trinajstić information content (AvgIpc) is 2.99. The standard InChI is InChI=1S/C23H24N2O2/c1-16-9-11-19(12-10-16)14-24-23(27)15-25-17(2)21(18(3)26)13-22(25)20-7-5-4-6-8-20/h4-13H,14-15H2,1-3H3,(H,24,27). The van der Waals surface area contributed by atoms with Gasteiger partial charge in [0.1, 0.15) is 6.54 Å². The van der Waals surface area contributed by atoms with Crippen molar-refractivity contribution in [1.29, 1.82) is 0 Å². The molecule has 0 aliphatic carbocycles. The number of amides is 1. The lowest BCUT2D eigenvalue weighted by Crippen LogP contribution is -2.27. The lowest BCUT2D eigenvalue weighted by Gasteiger charge is -2.12. The Bertz CT molecular complexity index is 954. The van der Waals surface area contributed by atoms with Crippen molar-refractivity contribution in [2.75, 3.05) is 0 Å². The quantitative estimate of drug-likeness (QED) is 0.667. The number of rotatable bonds is 6. The molecule has 0 unspecified atom stereocenters. The number of nitrogens with one attached hydrogen (secondary N) is 1. The minimum atomic E-state index is -0.0819. The number of aromatic nitrogens is 1. The summed E-state index contributed by atoms with van der Waals surface area (Å²) in [5.74, 6) is -0.0787. The van der Waals surface area contributed by atoms with Gasteiger partial charge >= 0.3 is 0 Å². The second-order valence-electron chi connectivity index (χ2n) is 6.80. The first-order chi connectivity index (χ1) is 13.0. The van der Waals surface area contributed by atoms with Crippen LogP contribution in [-0.2, 0) is 17.9 Å². The van der Waals surface area contributed by atoms with Crippen molar-refractivity contribution in [2.24, 2.45) is 0 Å². The van der Waals surface area contributed by atoms with E-state index >= 15 is 0 Å². The molecule has 4 heteroatoms. The van der Waals surface area contributed by atoms with Gasteiger partial charge in [-0.1, -0.05) is 60.2 Å². The maximum Gasteiger partial charge on any atom is 0.240 e. The maximum absolute atomic E-state index is 12.6. The van der Waals surface area contributed by atoms with Crippen molar-refractivity contribution < 1.29 is 9.59 Å². The van der Waals surface area contributed by atoms with Crippen LogP contribution in [0.1, 0.15) is 34.1 Å².